The number of phenolic OH excluding ortho intramolecular Hbond substituents is 1. The number of halogens is 2. The molecule has 0 saturated carbocycles. The summed E-state index contributed by atoms with van der Waals surface area (Å²) in [6.45, 7) is 9.61. The first-order valence-electron chi connectivity index (χ1n) is 13.4. The zero-order valence-corrected chi connectivity index (χ0v) is 23.4. The normalized spacial score (nSPS) is 21.9. The van der Waals surface area contributed by atoms with Gasteiger partial charge < -0.3 is 34.2 Å². The molecule has 0 aliphatic carbocycles. The van der Waals surface area contributed by atoms with Gasteiger partial charge in [-0.25, -0.2) is 18.6 Å². The maximum Gasteiger partial charge on any atom is 0.410 e. The fourth-order valence-electron chi connectivity index (χ4n) is 5.51. The molecule has 1 aromatic carbocycles. The van der Waals surface area contributed by atoms with E-state index in [4.69, 9.17) is 9.47 Å². The van der Waals surface area contributed by atoms with Gasteiger partial charge in [0.05, 0.1) is 11.6 Å². The standard InChI is InChI=1S/C28H35F2N5O5/c1-16-13-32(5)9-11-34(16)25-21-24(22(30)23(31-25)20-18(29)7-6-8-19(20)36)39-15-17-14-33(10-12-35(17)26(21)37)27(38)40-28(2,3)4/h6-8,16-17,36H,9-15H2,1-5H3/t16-,17+/m0/s1. The Morgan fingerprint density at radius 2 is 1.82 bits per heavy atom. The van der Waals surface area contributed by atoms with Gasteiger partial charge >= 0.3 is 6.09 Å². The summed E-state index contributed by atoms with van der Waals surface area (Å²) >= 11 is 0. The van der Waals surface area contributed by atoms with E-state index in [1.54, 1.807) is 25.7 Å². The van der Waals surface area contributed by atoms with E-state index in [1.165, 1.54) is 17.0 Å². The Hall–Kier alpha value is -3.67. The predicted octanol–water partition coefficient (Wildman–Crippen LogP) is 3.33. The number of nitrogens with zero attached hydrogens (tertiary/aromatic N) is 5. The van der Waals surface area contributed by atoms with E-state index in [2.05, 4.69) is 9.88 Å². The van der Waals surface area contributed by atoms with Crippen LogP contribution < -0.4 is 9.64 Å². The number of ether oxygens (including phenoxy) is 2. The number of rotatable bonds is 2. The SMILES string of the molecule is C[C@H]1CN(C)CCN1c1nc(-c2c(O)cccc2F)c(F)c2c1C(=O)N1CCN(C(=O)OC(C)(C)C)C[C@@H]1CO2. The Labute approximate surface area is 232 Å². The molecule has 2 saturated heterocycles. The molecule has 0 spiro atoms. The van der Waals surface area contributed by atoms with Gasteiger partial charge in [-0.1, -0.05) is 6.07 Å². The van der Waals surface area contributed by atoms with Crippen LogP contribution in [0.3, 0.4) is 0 Å². The number of likely N-dealkylation sites (N-methyl/N-ethyl adjacent to an activating group) is 1. The zero-order valence-electron chi connectivity index (χ0n) is 23.4. The molecule has 2 fully saturated rings. The summed E-state index contributed by atoms with van der Waals surface area (Å²) in [4.78, 5) is 38.5. The molecule has 3 aliphatic heterocycles. The van der Waals surface area contributed by atoms with Crippen molar-refractivity contribution in [2.45, 2.75) is 45.4 Å². The number of hydrogen-bond donors (Lipinski definition) is 1. The number of carbonyl (C=O) groups is 2. The minimum atomic E-state index is -1.03. The van der Waals surface area contributed by atoms with Crippen LogP contribution in [-0.2, 0) is 4.74 Å². The molecule has 0 unspecified atom stereocenters. The number of piperazine rings is 2. The van der Waals surface area contributed by atoms with Gasteiger partial charge in [0, 0.05) is 45.3 Å². The predicted molar refractivity (Wildman–Crippen MR) is 144 cm³/mol. The Bertz CT molecular complexity index is 1310. The molecular weight excluding hydrogens is 524 g/mol. The van der Waals surface area contributed by atoms with Crippen LogP contribution in [0.2, 0.25) is 0 Å². The quantitative estimate of drug-likeness (QED) is 0.599. The lowest BCUT2D eigenvalue weighted by Crippen LogP contribution is -2.58. The van der Waals surface area contributed by atoms with Crippen molar-refractivity contribution >= 4 is 17.8 Å². The highest BCUT2D eigenvalue weighted by Crippen LogP contribution is 2.43. The Balaban J connectivity index is 1.59. The summed E-state index contributed by atoms with van der Waals surface area (Å²) < 4.78 is 42.6. The molecule has 10 nitrogen and oxygen atoms in total. The Morgan fingerprint density at radius 1 is 1.10 bits per heavy atom. The van der Waals surface area contributed by atoms with Gasteiger partial charge in [0.15, 0.2) is 11.6 Å². The smallest absolute Gasteiger partial charge is 0.410 e. The fraction of sp³-hybridized carbons (Fsp3) is 0.536. The van der Waals surface area contributed by atoms with E-state index in [9.17, 15) is 19.1 Å². The summed E-state index contributed by atoms with van der Waals surface area (Å²) in [5, 5.41) is 10.5. The molecule has 4 heterocycles. The zero-order chi connectivity index (χ0) is 28.9. The highest BCUT2D eigenvalue weighted by molar-refractivity contribution is 6.03. The van der Waals surface area contributed by atoms with Crippen LogP contribution in [0, 0.1) is 11.6 Å². The van der Waals surface area contributed by atoms with Gasteiger partial charge in [0.2, 0.25) is 0 Å². The number of fused-ring (bicyclic) bond motifs is 2. The van der Waals surface area contributed by atoms with Crippen LogP contribution in [0.1, 0.15) is 38.1 Å². The van der Waals surface area contributed by atoms with Gasteiger partial charge in [-0.3, -0.25) is 4.79 Å². The third kappa shape index (κ3) is 5.12. The average Bonchev–Trinajstić information content (AvgIpc) is 3.01. The van der Waals surface area contributed by atoms with E-state index in [1.807, 2.05) is 18.9 Å². The Morgan fingerprint density at radius 3 is 2.50 bits per heavy atom. The molecule has 2 atom stereocenters. The molecule has 2 aromatic rings. The van der Waals surface area contributed by atoms with Crippen molar-refractivity contribution in [1.29, 1.82) is 0 Å². The van der Waals surface area contributed by atoms with Crippen molar-refractivity contribution in [2.75, 3.05) is 57.8 Å². The van der Waals surface area contributed by atoms with Gasteiger partial charge in [-0.05, 0) is 46.9 Å². The number of aromatic hydroxyl groups is 1. The highest BCUT2D eigenvalue weighted by Gasteiger charge is 2.43. The van der Waals surface area contributed by atoms with Crippen LogP contribution in [0.4, 0.5) is 19.4 Å². The number of phenols is 1. The monoisotopic (exact) mass is 559 g/mol. The van der Waals surface area contributed by atoms with Crippen LogP contribution in [0.25, 0.3) is 11.3 Å². The number of amides is 2. The summed E-state index contributed by atoms with van der Waals surface area (Å²) in [6.07, 6.45) is -0.501. The van der Waals surface area contributed by atoms with Gasteiger partial charge in [0.25, 0.3) is 5.91 Å². The molecule has 1 N–H and O–H groups in total. The minimum Gasteiger partial charge on any atom is -0.507 e. The van der Waals surface area contributed by atoms with Crippen LogP contribution in [-0.4, -0.2) is 107 Å². The lowest BCUT2D eigenvalue weighted by Gasteiger charge is -2.41. The van der Waals surface area contributed by atoms with Crippen LogP contribution in [0.15, 0.2) is 18.2 Å². The first-order chi connectivity index (χ1) is 18.9. The second-order valence-electron chi connectivity index (χ2n) is 11.6. The van der Waals surface area contributed by atoms with Crippen molar-refractivity contribution in [1.82, 2.24) is 19.7 Å². The minimum absolute atomic E-state index is 0.0401. The number of anilines is 1. The van der Waals surface area contributed by atoms with E-state index in [0.29, 0.717) is 19.6 Å². The average molecular weight is 560 g/mol. The van der Waals surface area contributed by atoms with E-state index >= 15 is 4.39 Å². The lowest BCUT2D eigenvalue weighted by atomic mass is 10.0. The van der Waals surface area contributed by atoms with Crippen molar-refractivity contribution in [3.63, 3.8) is 0 Å². The molecule has 3 aliphatic rings. The molecule has 0 radical (unpaired) electrons. The summed E-state index contributed by atoms with van der Waals surface area (Å²) in [5.74, 6) is -2.99. The van der Waals surface area contributed by atoms with Crippen molar-refractivity contribution in [3.8, 4) is 22.8 Å². The molecule has 12 heteroatoms. The lowest BCUT2D eigenvalue weighted by molar-refractivity contribution is 0.000864. The van der Waals surface area contributed by atoms with Gasteiger partial charge in [-0.2, -0.15) is 0 Å². The maximum absolute atomic E-state index is 16.2. The number of hydrogen-bond acceptors (Lipinski definition) is 8. The van der Waals surface area contributed by atoms with Crippen molar-refractivity contribution < 1.29 is 33.0 Å². The number of pyridine rings is 1. The van der Waals surface area contributed by atoms with Crippen LogP contribution in [0.5, 0.6) is 11.5 Å². The Kier molecular flexibility index (Phi) is 7.24. The van der Waals surface area contributed by atoms with Gasteiger partial charge in [0.1, 0.15) is 40.8 Å². The molecular formula is C28H35F2N5O5. The highest BCUT2D eigenvalue weighted by atomic mass is 19.1. The van der Waals surface area contributed by atoms with E-state index in [-0.39, 0.29) is 49.4 Å². The van der Waals surface area contributed by atoms with Crippen molar-refractivity contribution in [2.24, 2.45) is 0 Å². The first kappa shape index (κ1) is 27.9. The fourth-order valence-corrected chi connectivity index (χ4v) is 5.51. The first-order valence-corrected chi connectivity index (χ1v) is 13.4. The topological polar surface area (TPSA) is 98.7 Å². The maximum atomic E-state index is 16.2. The second kappa shape index (κ2) is 10.4. The molecule has 0 bridgehead atoms. The van der Waals surface area contributed by atoms with Crippen molar-refractivity contribution in [3.05, 3.63) is 35.4 Å². The third-order valence-electron chi connectivity index (χ3n) is 7.44. The summed E-state index contributed by atoms with van der Waals surface area (Å²) in [5.41, 5.74) is -1.56. The molecule has 5 rings (SSSR count). The summed E-state index contributed by atoms with van der Waals surface area (Å²) in [7, 11) is 1.98. The largest absolute Gasteiger partial charge is 0.507 e. The van der Waals surface area contributed by atoms with E-state index < -0.39 is 52.3 Å². The third-order valence-corrected chi connectivity index (χ3v) is 7.44. The van der Waals surface area contributed by atoms with E-state index in [0.717, 1.165) is 6.07 Å². The number of aromatic nitrogens is 1. The number of carbonyl (C=O) groups excluding carboxylic acids is 2. The number of benzene rings is 1. The molecule has 216 valence electrons. The van der Waals surface area contributed by atoms with Gasteiger partial charge in [-0.15, -0.1) is 0 Å². The van der Waals surface area contributed by atoms with Crippen LogP contribution >= 0.6 is 0 Å². The second-order valence-corrected chi connectivity index (χ2v) is 11.6. The molecule has 2 amide bonds. The molecule has 1 aromatic heterocycles. The molecule has 40 heavy (non-hydrogen) atoms. The summed E-state index contributed by atoms with van der Waals surface area (Å²) in [6, 6.07) is 3.01.